The molecule has 0 unspecified atom stereocenters. The van der Waals surface area contributed by atoms with Gasteiger partial charge in [-0.2, -0.15) is 0 Å². The van der Waals surface area contributed by atoms with Gasteiger partial charge in [0.05, 0.1) is 6.10 Å². The summed E-state index contributed by atoms with van der Waals surface area (Å²) < 4.78 is 0. The standard InChI is InChI=1S/C19H22O/c1-16(19(20)18-14-6-3-7-15-18)10-8-9-13-17-11-4-2-5-12-17/h2-8,10-12,14-16,19-20H,9,13H2,1H3/b10-8-/t16-,19+/m1/s1. The Morgan fingerprint density at radius 1 is 0.950 bits per heavy atom. The number of aryl methyl sites for hydroxylation is 1. The zero-order chi connectivity index (χ0) is 14.2. The van der Waals surface area contributed by atoms with Crippen molar-refractivity contribution in [3.63, 3.8) is 0 Å². The maximum absolute atomic E-state index is 10.3. The second-order valence-electron chi connectivity index (χ2n) is 5.17. The zero-order valence-electron chi connectivity index (χ0n) is 11.9. The SMILES string of the molecule is C[C@H](/C=C\CCc1ccccc1)[C@H](O)c1ccccc1. The molecule has 104 valence electrons. The number of benzene rings is 2. The fourth-order valence-corrected chi connectivity index (χ4v) is 2.26. The summed E-state index contributed by atoms with van der Waals surface area (Å²) in [7, 11) is 0. The molecule has 0 radical (unpaired) electrons. The van der Waals surface area contributed by atoms with E-state index in [1.165, 1.54) is 5.56 Å². The van der Waals surface area contributed by atoms with Gasteiger partial charge in [-0.3, -0.25) is 0 Å². The van der Waals surface area contributed by atoms with Gasteiger partial charge in [-0.05, 0) is 24.0 Å². The van der Waals surface area contributed by atoms with Crippen LogP contribution < -0.4 is 0 Å². The Morgan fingerprint density at radius 3 is 2.20 bits per heavy atom. The minimum Gasteiger partial charge on any atom is -0.388 e. The van der Waals surface area contributed by atoms with Crippen LogP contribution in [0.3, 0.4) is 0 Å². The summed E-state index contributed by atoms with van der Waals surface area (Å²) in [5, 5.41) is 10.3. The summed E-state index contributed by atoms with van der Waals surface area (Å²) in [6, 6.07) is 20.3. The van der Waals surface area contributed by atoms with Crippen LogP contribution in [-0.2, 0) is 6.42 Å². The van der Waals surface area contributed by atoms with Crippen molar-refractivity contribution >= 4 is 0 Å². The van der Waals surface area contributed by atoms with E-state index in [0.29, 0.717) is 0 Å². The number of aliphatic hydroxyl groups is 1. The van der Waals surface area contributed by atoms with Crippen LogP contribution in [0.25, 0.3) is 0 Å². The van der Waals surface area contributed by atoms with Crippen molar-refractivity contribution < 1.29 is 5.11 Å². The minimum atomic E-state index is -0.427. The highest BCUT2D eigenvalue weighted by atomic mass is 16.3. The van der Waals surface area contributed by atoms with Gasteiger partial charge < -0.3 is 5.11 Å². The topological polar surface area (TPSA) is 20.2 Å². The second-order valence-corrected chi connectivity index (χ2v) is 5.17. The van der Waals surface area contributed by atoms with Crippen LogP contribution in [0.15, 0.2) is 72.8 Å². The van der Waals surface area contributed by atoms with Crippen LogP contribution >= 0.6 is 0 Å². The Hall–Kier alpha value is -1.86. The Labute approximate surface area is 121 Å². The fraction of sp³-hybridized carbons (Fsp3) is 0.263. The fourth-order valence-electron chi connectivity index (χ4n) is 2.26. The minimum absolute atomic E-state index is 0.133. The first kappa shape index (κ1) is 14.5. The molecule has 0 saturated heterocycles. The first-order chi connectivity index (χ1) is 9.77. The number of allylic oxidation sites excluding steroid dienone is 1. The summed E-state index contributed by atoms with van der Waals surface area (Å²) in [5.74, 6) is 0.133. The third kappa shape index (κ3) is 4.36. The lowest BCUT2D eigenvalue weighted by Gasteiger charge is -2.15. The predicted octanol–water partition coefficient (Wildman–Crippen LogP) is 4.55. The zero-order valence-corrected chi connectivity index (χ0v) is 11.9. The average Bonchev–Trinajstić information content (AvgIpc) is 2.52. The molecular formula is C19H22O. The summed E-state index contributed by atoms with van der Waals surface area (Å²) in [5.41, 5.74) is 2.33. The van der Waals surface area contributed by atoms with Crippen LogP contribution in [-0.4, -0.2) is 5.11 Å². The van der Waals surface area contributed by atoms with Crippen molar-refractivity contribution in [3.8, 4) is 0 Å². The van der Waals surface area contributed by atoms with E-state index in [1.807, 2.05) is 36.4 Å². The van der Waals surface area contributed by atoms with Gasteiger partial charge in [0.25, 0.3) is 0 Å². The smallest absolute Gasteiger partial charge is 0.0849 e. The highest BCUT2D eigenvalue weighted by Gasteiger charge is 2.12. The third-order valence-corrected chi connectivity index (χ3v) is 3.52. The maximum Gasteiger partial charge on any atom is 0.0849 e. The van der Waals surface area contributed by atoms with Crippen LogP contribution in [0.1, 0.15) is 30.6 Å². The first-order valence-electron chi connectivity index (χ1n) is 7.21. The normalized spacial score (nSPS) is 14.3. The number of hydrogen-bond donors (Lipinski definition) is 1. The summed E-state index contributed by atoms with van der Waals surface area (Å²) in [4.78, 5) is 0. The number of aliphatic hydroxyl groups excluding tert-OH is 1. The summed E-state index contributed by atoms with van der Waals surface area (Å²) in [6.45, 7) is 2.05. The lowest BCUT2D eigenvalue weighted by Crippen LogP contribution is -2.06. The molecular weight excluding hydrogens is 244 g/mol. The van der Waals surface area contributed by atoms with E-state index in [9.17, 15) is 5.11 Å². The van der Waals surface area contributed by atoms with Crippen molar-refractivity contribution in [1.29, 1.82) is 0 Å². The van der Waals surface area contributed by atoms with Crippen molar-refractivity contribution in [2.75, 3.05) is 0 Å². The Bertz CT molecular complexity index is 516. The molecule has 1 N–H and O–H groups in total. The molecule has 0 heterocycles. The largest absolute Gasteiger partial charge is 0.388 e. The third-order valence-electron chi connectivity index (χ3n) is 3.52. The molecule has 0 saturated carbocycles. The van der Waals surface area contributed by atoms with Crippen molar-refractivity contribution in [2.45, 2.75) is 25.9 Å². The van der Waals surface area contributed by atoms with Gasteiger partial charge in [-0.1, -0.05) is 79.7 Å². The molecule has 20 heavy (non-hydrogen) atoms. The lowest BCUT2D eigenvalue weighted by molar-refractivity contribution is 0.139. The molecule has 1 nitrogen and oxygen atoms in total. The Morgan fingerprint density at radius 2 is 1.55 bits per heavy atom. The quantitative estimate of drug-likeness (QED) is 0.761. The van der Waals surface area contributed by atoms with Crippen LogP contribution in [0.5, 0.6) is 0 Å². The van der Waals surface area contributed by atoms with Crippen molar-refractivity contribution in [3.05, 3.63) is 83.9 Å². The molecule has 1 heteroatoms. The van der Waals surface area contributed by atoms with E-state index < -0.39 is 6.10 Å². The maximum atomic E-state index is 10.3. The Kier molecular flexibility index (Phi) is 5.57. The van der Waals surface area contributed by atoms with Crippen molar-refractivity contribution in [2.24, 2.45) is 5.92 Å². The molecule has 2 rings (SSSR count). The van der Waals surface area contributed by atoms with E-state index in [1.54, 1.807) is 0 Å². The van der Waals surface area contributed by atoms with Crippen LogP contribution in [0, 0.1) is 5.92 Å². The molecule has 0 spiro atoms. The van der Waals surface area contributed by atoms with Crippen molar-refractivity contribution in [1.82, 2.24) is 0 Å². The molecule has 2 atom stereocenters. The number of rotatable bonds is 6. The van der Waals surface area contributed by atoms with Gasteiger partial charge in [0.2, 0.25) is 0 Å². The summed E-state index contributed by atoms with van der Waals surface area (Å²) >= 11 is 0. The van der Waals surface area contributed by atoms with Crippen LogP contribution in [0.4, 0.5) is 0 Å². The molecule has 0 bridgehead atoms. The number of hydrogen-bond acceptors (Lipinski definition) is 1. The van der Waals surface area contributed by atoms with Gasteiger partial charge in [0.1, 0.15) is 0 Å². The molecule has 0 fully saturated rings. The second kappa shape index (κ2) is 7.66. The first-order valence-corrected chi connectivity index (χ1v) is 7.21. The van der Waals surface area contributed by atoms with Crippen LogP contribution in [0.2, 0.25) is 0 Å². The average molecular weight is 266 g/mol. The van der Waals surface area contributed by atoms with E-state index in [4.69, 9.17) is 0 Å². The summed E-state index contributed by atoms with van der Waals surface area (Å²) in [6.07, 6.45) is 5.91. The molecule has 0 aromatic heterocycles. The molecule has 0 aliphatic rings. The molecule has 2 aromatic rings. The van der Waals surface area contributed by atoms with E-state index in [0.717, 1.165) is 18.4 Å². The lowest BCUT2D eigenvalue weighted by atomic mass is 9.96. The highest BCUT2D eigenvalue weighted by Crippen LogP contribution is 2.22. The van der Waals surface area contributed by atoms with Gasteiger partial charge >= 0.3 is 0 Å². The predicted molar refractivity (Wildman–Crippen MR) is 84.5 cm³/mol. The van der Waals surface area contributed by atoms with E-state index in [-0.39, 0.29) is 5.92 Å². The van der Waals surface area contributed by atoms with Gasteiger partial charge in [0.15, 0.2) is 0 Å². The van der Waals surface area contributed by atoms with Gasteiger partial charge in [-0.15, -0.1) is 0 Å². The van der Waals surface area contributed by atoms with Gasteiger partial charge in [0, 0.05) is 5.92 Å². The highest BCUT2D eigenvalue weighted by molar-refractivity contribution is 5.19. The molecule has 0 aliphatic carbocycles. The van der Waals surface area contributed by atoms with Gasteiger partial charge in [-0.25, -0.2) is 0 Å². The van der Waals surface area contributed by atoms with E-state index in [2.05, 4.69) is 43.3 Å². The monoisotopic (exact) mass is 266 g/mol. The Balaban J connectivity index is 1.82. The molecule has 2 aromatic carbocycles. The molecule has 0 amide bonds. The van der Waals surface area contributed by atoms with E-state index >= 15 is 0 Å². The molecule has 0 aliphatic heterocycles.